The van der Waals surface area contributed by atoms with Crippen LogP contribution in [-0.4, -0.2) is 26.8 Å². The van der Waals surface area contributed by atoms with E-state index in [1.54, 1.807) is 12.5 Å². The number of anilines is 1. The highest BCUT2D eigenvalue weighted by Crippen LogP contribution is 2.22. The fraction of sp³-hybridized carbons (Fsp3) is 0.217. The van der Waals surface area contributed by atoms with Gasteiger partial charge >= 0.3 is 0 Å². The number of amides is 1. The van der Waals surface area contributed by atoms with Crippen LogP contribution in [0.15, 0.2) is 77.5 Å². The summed E-state index contributed by atoms with van der Waals surface area (Å²) < 4.78 is 10.0. The zero-order valence-corrected chi connectivity index (χ0v) is 17.8. The number of aromatic nitrogens is 3. The van der Waals surface area contributed by atoms with Crippen molar-refractivity contribution >= 4 is 22.6 Å². The molecular weight excluding hydrogens is 410 g/mol. The molecule has 158 valence electrons. The number of hydrogen-bond donors (Lipinski definition) is 1. The van der Waals surface area contributed by atoms with Crippen LogP contribution in [0.2, 0.25) is 0 Å². The lowest BCUT2D eigenvalue weighted by Gasteiger charge is -2.20. The minimum absolute atomic E-state index is 0.0378. The fourth-order valence-corrected chi connectivity index (χ4v) is 3.78. The van der Waals surface area contributed by atoms with Crippen molar-refractivity contribution in [2.24, 2.45) is 0 Å². The number of carbonyl (C=O) groups excluding carboxylic acids is 1. The van der Waals surface area contributed by atoms with Crippen LogP contribution in [0.1, 0.15) is 29.3 Å². The molecule has 0 atom stereocenters. The zero-order chi connectivity index (χ0) is 21.3. The van der Waals surface area contributed by atoms with Gasteiger partial charge in [0.25, 0.3) is 0 Å². The highest BCUT2D eigenvalue weighted by Gasteiger charge is 2.16. The summed E-state index contributed by atoms with van der Waals surface area (Å²) in [6, 6.07) is 19.6. The average molecular weight is 434 g/mol. The first kappa shape index (κ1) is 20.7. The fourth-order valence-electron chi connectivity index (χ4n) is 3.07. The largest absolute Gasteiger partial charge is 0.467 e. The molecule has 0 saturated heterocycles. The Bertz CT molecular complexity index is 1070. The Morgan fingerprint density at radius 3 is 2.71 bits per heavy atom. The molecule has 0 aliphatic heterocycles. The van der Waals surface area contributed by atoms with Gasteiger partial charge in [-0.25, -0.2) is 4.98 Å². The maximum atomic E-state index is 12.4. The first-order chi connectivity index (χ1) is 15.3. The zero-order valence-electron chi connectivity index (χ0n) is 17.0. The summed E-state index contributed by atoms with van der Waals surface area (Å²) in [4.78, 5) is 23.3. The Labute approximate surface area is 184 Å². The standard InChI is InChI=1S/C23H23N5O2S/c29-22(25-16-19-9-4-5-12-24-19)11-13-28(17-20-10-6-14-30-20)23-26-21(27-31-23)15-18-7-2-1-3-8-18/h1-10,12,14H,11,13,15-17H2,(H,25,29). The van der Waals surface area contributed by atoms with Crippen LogP contribution in [0.5, 0.6) is 0 Å². The maximum absolute atomic E-state index is 12.4. The summed E-state index contributed by atoms with van der Waals surface area (Å²) in [7, 11) is 0. The molecule has 0 saturated carbocycles. The molecule has 3 aromatic heterocycles. The van der Waals surface area contributed by atoms with E-state index in [4.69, 9.17) is 9.40 Å². The quantitative estimate of drug-likeness (QED) is 0.409. The van der Waals surface area contributed by atoms with Gasteiger partial charge in [-0.1, -0.05) is 36.4 Å². The molecule has 8 heteroatoms. The van der Waals surface area contributed by atoms with E-state index in [0.717, 1.165) is 22.4 Å². The molecule has 0 bridgehead atoms. The monoisotopic (exact) mass is 433 g/mol. The molecule has 4 rings (SSSR count). The van der Waals surface area contributed by atoms with Crippen LogP contribution < -0.4 is 10.2 Å². The Hall–Kier alpha value is -3.52. The number of benzene rings is 1. The molecule has 0 aliphatic carbocycles. The van der Waals surface area contributed by atoms with Crippen molar-refractivity contribution in [1.29, 1.82) is 0 Å². The summed E-state index contributed by atoms with van der Waals surface area (Å²) in [6.07, 6.45) is 4.38. The maximum Gasteiger partial charge on any atom is 0.222 e. The van der Waals surface area contributed by atoms with Gasteiger partial charge in [0.1, 0.15) is 11.6 Å². The summed E-state index contributed by atoms with van der Waals surface area (Å²) in [5.41, 5.74) is 2.00. The van der Waals surface area contributed by atoms with Gasteiger partial charge < -0.3 is 14.6 Å². The third-order valence-corrected chi connectivity index (χ3v) is 5.48. The van der Waals surface area contributed by atoms with Gasteiger partial charge in [0.05, 0.1) is 25.0 Å². The molecule has 1 amide bonds. The summed E-state index contributed by atoms with van der Waals surface area (Å²) >= 11 is 1.34. The lowest BCUT2D eigenvalue weighted by Crippen LogP contribution is -2.30. The third-order valence-electron chi connectivity index (χ3n) is 4.66. The topological polar surface area (TPSA) is 84.2 Å². The predicted octanol–water partition coefficient (Wildman–Crippen LogP) is 3.83. The number of nitrogens with one attached hydrogen (secondary N) is 1. The van der Waals surface area contributed by atoms with Crippen LogP contribution in [-0.2, 0) is 24.3 Å². The highest BCUT2D eigenvalue weighted by atomic mass is 32.1. The molecule has 0 fully saturated rings. The van der Waals surface area contributed by atoms with Crippen LogP contribution >= 0.6 is 11.5 Å². The number of hydrogen-bond acceptors (Lipinski definition) is 7. The number of nitrogens with zero attached hydrogens (tertiary/aromatic N) is 4. The van der Waals surface area contributed by atoms with Crippen LogP contribution in [0.25, 0.3) is 0 Å². The molecule has 0 radical (unpaired) electrons. The van der Waals surface area contributed by atoms with E-state index in [1.165, 1.54) is 17.1 Å². The van der Waals surface area contributed by atoms with Crippen LogP contribution in [0.3, 0.4) is 0 Å². The minimum Gasteiger partial charge on any atom is -0.467 e. The molecule has 31 heavy (non-hydrogen) atoms. The molecule has 3 heterocycles. The average Bonchev–Trinajstić information content (AvgIpc) is 3.49. The van der Waals surface area contributed by atoms with E-state index in [0.29, 0.717) is 32.5 Å². The number of rotatable bonds is 10. The third kappa shape index (κ3) is 6.23. The van der Waals surface area contributed by atoms with Gasteiger partial charge in [-0.15, -0.1) is 0 Å². The first-order valence-electron chi connectivity index (χ1n) is 10.1. The molecule has 0 spiro atoms. The van der Waals surface area contributed by atoms with Crippen molar-refractivity contribution in [3.8, 4) is 0 Å². The summed E-state index contributed by atoms with van der Waals surface area (Å²) in [6.45, 7) is 1.45. The van der Waals surface area contributed by atoms with E-state index >= 15 is 0 Å². The summed E-state index contributed by atoms with van der Waals surface area (Å²) in [5, 5.41) is 3.70. The second kappa shape index (κ2) is 10.5. The molecule has 0 unspecified atom stereocenters. The van der Waals surface area contributed by atoms with Crippen molar-refractivity contribution < 1.29 is 9.21 Å². The first-order valence-corrected chi connectivity index (χ1v) is 10.8. The number of pyridine rings is 1. The highest BCUT2D eigenvalue weighted by molar-refractivity contribution is 7.09. The normalized spacial score (nSPS) is 10.7. The van der Waals surface area contributed by atoms with Gasteiger partial charge in [0, 0.05) is 37.1 Å². The number of furan rings is 1. The van der Waals surface area contributed by atoms with Gasteiger partial charge in [0.2, 0.25) is 11.0 Å². The van der Waals surface area contributed by atoms with Crippen LogP contribution in [0, 0.1) is 0 Å². The molecule has 0 aliphatic rings. The van der Waals surface area contributed by atoms with E-state index in [-0.39, 0.29) is 5.91 Å². The van der Waals surface area contributed by atoms with Crippen molar-refractivity contribution in [3.05, 3.63) is 96.0 Å². The van der Waals surface area contributed by atoms with Crippen molar-refractivity contribution in [3.63, 3.8) is 0 Å². The molecule has 4 aromatic rings. The lowest BCUT2D eigenvalue weighted by atomic mass is 10.1. The van der Waals surface area contributed by atoms with Crippen LogP contribution in [0.4, 0.5) is 5.13 Å². The molecule has 1 aromatic carbocycles. The van der Waals surface area contributed by atoms with E-state index < -0.39 is 0 Å². The molecule has 7 nitrogen and oxygen atoms in total. The van der Waals surface area contributed by atoms with E-state index in [2.05, 4.69) is 26.8 Å². The van der Waals surface area contributed by atoms with Gasteiger partial charge in [0.15, 0.2) is 0 Å². The molecular formula is C23H23N5O2S. The molecule has 1 N–H and O–H groups in total. The van der Waals surface area contributed by atoms with Gasteiger partial charge in [-0.2, -0.15) is 4.37 Å². The Morgan fingerprint density at radius 2 is 1.94 bits per heavy atom. The lowest BCUT2D eigenvalue weighted by molar-refractivity contribution is -0.121. The Balaban J connectivity index is 1.38. The van der Waals surface area contributed by atoms with Crippen molar-refractivity contribution in [2.75, 3.05) is 11.4 Å². The van der Waals surface area contributed by atoms with Crippen molar-refractivity contribution in [2.45, 2.75) is 25.9 Å². The Morgan fingerprint density at radius 1 is 1.06 bits per heavy atom. The Kier molecular flexibility index (Phi) is 7.02. The second-order valence-corrected chi connectivity index (χ2v) is 7.73. The predicted molar refractivity (Wildman–Crippen MR) is 120 cm³/mol. The van der Waals surface area contributed by atoms with Gasteiger partial charge in [-0.3, -0.25) is 9.78 Å². The van der Waals surface area contributed by atoms with E-state index in [1.807, 2.05) is 53.4 Å². The smallest absolute Gasteiger partial charge is 0.222 e. The van der Waals surface area contributed by atoms with Gasteiger partial charge in [-0.05, 0) is 29.8 Å². The SMILES string of the molecule is O=C(CCN(Cc1ccco1)c1nc(Cc2ccccc2)ns1)NCc1ccccn1. The number of carbonyl (C=O) groups is 1. The second-order valence-electron chi connectivity index (χ2n) is 7.00. The minimum atomic E-state index is -0.0378. The van der Waals surface area contributed by atoms with E-state index in [9.17, 15) is 4.79 Å². The van der Waals surface area contributed by atoms with Crippen molar-refractivity contribution in [1.82, 2.24) is 19.7 Å². The summed E-state index contributed by atoms with van der Waals surface area (Å²) in [5.74, 6) is 1.55.